The maximum Gasteiger partial charge on any atom is 0.319 e. The van der Waals surface area contributed by atoms with Crippen LogP contribution in [-0.2, 0) is 14.4 Å². The molecule has 1 heterocycles. The SMILES string of the molecule is CCCCCNC(=O)C1CCN(C(=O)C2(C(=O)O)CC2)CC1. The lowest BCUT2D eigenvalue weighted by Crippen LogP contribution is -2.47. The number of amides is 2. The molecule has 22 heavy (non-hydrogen) atoms. The zero-order valence-electron chi connectivity index (χ0n) is 13.3. The first-order valence-electron chi connectivity index (χ1n) is 8.31. The van der Waals surface area contributed by atoms with E-state index in [4.69, 9.17) is 0 Å². The number of nitrogens with zero attached hydrogens (tertiary/aromatic N) is 1. The van der Waals surface area contributed by atoms with Gasteiger partial charge in [0.05, 0.1) is 0 Å². The van der Waals surface area contributed by atoms with Gasteiger partial charge in [0, 0.05) is 25.6 Å². The van der Waals surface area contributed by atoms with Gasteiger partial charge in [-0.3, -0.25) is 14.4 Å². The van der Waals surface area contributed by atoms with Crippen molar-refractivity contribution in [3.63, 3.8) is 0 Å². The molecule has 2 N–H and O–H groups in total. The van der Waals surface area contributed by atoms with Crippen LogP contribution in [-0.4, -0.2) is 47.4 Å². The molecule has 2 amide bonds. The average molecular weight is 310 g/mol. The van der Waals surface area contributed by atoms with E-state index < -0.39 is 11.4 Å². The average Bonchev–Trinajstić information content (AvgIpc) is 3.32. The van der Waals surface area contributed by atoms with Gasteiger partial charge in [-0.15, -0.1) is 0 Å². The van der Waals surface area contributed by atoms with E-state index in [-0.39, 0.29) is 17.7 Å². The molecule has 2 aliphatic rings. The van der Waals surface area contributed by atoms with Gasteiger partial charge in [-0.1, -0.05) is 19.8 Å². The predicted octanol–water partition coefficient (Wildman–Crippen LogP) is 1.40. The van der Waals surface area contributed by atoms with Crippen molar-refractivity contribution in [3.05, 3.63) is 0 Å². The Hall–Kier alpha value is -1.59. The number of carbonyl (C=O) groups excluding carboxylic acids is 2. The third kappa shape index (κ3) is 3.59. The van der Waals surface area contributed by atoms with Crippen LogP contribution < -0.4 is 5.32 Å². The lowest BCUT2D eigenvalue weighted by atomic mass is 9.94. The summed E-state index contributed by atoms with van der Waals surface area (Å²) in [6.07, 6.45) is 5.38. The number of nitrogens with one attached hydrogen (secondary N) is 1. The van der Waals surface area contributed by atoms with Crippen molar-refractivity contribution in [2.24, 2.45) is 11.3 Å². The summed E-state index contributed by atoms with van der Waals surface area (Å²) in [6, 6.07) is 0. The minimum Gasteiger partial charge on any atom is -0.480 e. The summed E-state index contributed by atoms with van der Waals surface area (Å²) >= 11 is 0. The fourth-order valence-electron chi connectivity index (χ4n) is 3.02. The Balaban J connectivity index is 1.75. The van der Waals surface area contributed by atoms with E-state index in [0.717, 1.165) is 19.3 Å². The van der Waals surface area contributed by atoms with Crippen LogP contribution in [0.5, 0.6) is 0 Å². The van der Waals surface area contributed by atoms with Gasteiger partial charge in [0.25, 0.3) is 0 Å². The highest BCUT2D eigenvalue weighted by Gasteiger charge is 2.58. The summed E-state index contributed by atoms with van der Waals surface area (Å²) in [5.74, 6) is -1.25. The number of hydrogen-bond acceptors (Lipinski definition) is 3. The Kier molecular flexibility index (Phi) is 5.42. The van der Waals surface area contributed by atoms with Gasteiger partial charge in [0.1, 0.15) is 5.41 Å². The Morgan fingerprint density at radius 2 is 1.82 bits per heavy atom. The van der Waals surface area contributed by atoms with Gasteiger partial charge < -0.3 is 15.3 Å². The standard InChI is InChI=1S/C16H26N2O4/c1-2-3-4-9-17-13(19)12-5-10-18(11-6-12)14(20)16(7-8-16)15(21)22/h12H,2-11H2,1H3,(H,17,19)(H,21,22). The van der Waals surface area contributed by atoms with Gasteiger partial charge in [0.15, 0.2) is 0 Å². The summed E-state index contributed by atoms with van der Waals surface area (Å²) in [4.78, 5) is 37.2. The van der Waals surface area contributed by atoms with Crippen LogP contribution in [0.4, 0.5) is 0 Å². The molecule has 1 aliphatic carbocycles. The normalized spacial score (nSPS) is 20.5. The van der Waals surface area contributed by atoms with Crippen molar-refractivity contribution >= 4 is 17.8 Å². The van der Waals surface area contributed by atoms with Gasteiger partial charge in [-0.2, -0.15) is 0 Å². The molecule has 1 saturated carbocycles. The highest BCUT2D eigenvalue weighted by Crippen LogP contribution is 2.47. The molecule has 1 saturated heterocycles. The van der Waals surface area contributed by atoms with Crippen LogP contribution >= 0.6 is 0 Å². The van der Waals surface area contributed by atoms with Crippen molar-refractivity contribution in [1.82, 2.24) is 10.2 Å². The smallest absolute Gasteiger partial charge is 0.319 e. The molecule has 1 aliphatic heterocycles. The molecular formula is C16H26N2O4. The first kappa shape index (κ1) is 16.8. The van der Waals surface area contributed by atoms with E-state index in [9.17, 15) is 19.5 Å². The molecule has 0 atom stereocenters. The minimum atomic E-state index is -1.16. The minimum absolute atomic E-state index is 0.0503. The zero-order chi connectivity index (χ0) is 16.2. The Morgan fingerprint density at radius 3 is 2.32 bits per heavy atom. The van der Waals surface area contributed by atoms with Crippen molar-refractivity contribution in [2.75, 3.05) is 19.6 Å². The van der Waals surface area contributed by atoms with Crippen LogP contribution in [0.1, 0.15) is 51.9 Å². The summed E-state index contributed by atoms with van der Waals surface area (Å²) in [5, 5.41) is 12.1. The predicted molar refractivity (Wildman–Crippen MR) is 81.1 cm³/mol. The number of unbranched alkanes of at least 4 members (excludes halogenated alkanes) is 2. The number of carboxylic acids is 1. The van der Waals surface area contributed by atoms with E-state index in [1.807, 2.05) is 0 Å². The molecule has 124 valence electrons. The molecule has 2 rings (SSSR count). The molecule has 0 bridgehead atoms. The van der Waals surface area contributed by atoms with E-state index in [1.54, 1.807) is 4.90 Å². The summed E-state index contributed by atoms with van der Waals surface area (Å²) < 4.78 is 0. The van der Waals surface area contributed by atoms with Crippen molar-refractivity contribution in [1.29, 1.82) is 0 Å². The van der Waals surface area contributed by atoms with Crippen molar-refractivity contribution in [3.8, 4) is 0 Å². The Bertz CT molecular complexity index is 437. The second-order valence-corrected chi connectivity index (χ2v) is 6.45. The lowest BCUT2D eigenvalue weighted by molar-refractivity contribution is -0.154. The van der Waals surface area contributed by atoms with Gasteiger partial charge >= 0.3 is 5.97 Å². The largest absolute Gasteiger partial charge is 0.480 e. The summed E-state index contributed by atoms with van der Waals surface area (Å²) in [5.41, 5.74) is -1.16. The first-order valence-corrected chi connectivity index (χ1v) is 8.31. The molecule has 0 aromatic carbocycles. The van der Waals surface area contributed by atoms with Gasteiger partial charge in [-0.25, -0.2) is 0 Å². The van der Waals surface area contributed by atoms with Crippen LogP contribution in [0.25, 0.3) is 0 Å². The molecule has 0 radical (unpaired) electrons. The molecular weight excluding hydrogens is 284 g/mol. The third-order valence-electron chi connectivity index (χ3n) is 4.80. The van der Waals surface area contributed by atoms with Gasteiger partial charge in [-0.05, 0) is 32.1 Å². The van der Waals surface area contributed by atoms with E-state index in [1.165, 1.54) is 0 Å². The van der Waals surface area contributed by atoms with E-state index >= 15 is 0 Å². The summed E-state index contributed by atoms with van der Waals surface area (Å²) in [7, 11) is 0. The van der Waals surface area contributed by atoms with E-state index in [0.29, 0.717) is 45.3 Å². The van der Waals surface area contributed by atoms with Crippen molar-refractivity contribution in [2.45, 2.75) is 51.9 Å². The van der Waals surface area contributed by atoms with Crippen LogP contribution in [0.2, 0.25) is 0 Å². The monoisotopic (exact) mass is 310 g/mol. The summed E-state index contributed by atoms with van der Waals surface area (Å²) in [6.45, 7) is 3.81. The Labute approximate surface area is 131 Å². The molecule has 0 aromatic rings. The molecule has 0 spiro atoms. The molecule has 0 aromatic heterocycles. The zero-order valence-corrected chi connectivity index (χ0v) is 13.3. The number of hydrogen-bond donors (Lipinski definition) is 2. The second kappa shape index (κ2) is 7.11. The third-order valence-corrected chi connectivity index (χ3v) is 4.80. The Morgan fingerprint density at radius 1 is 1.18 bits per heavy atom. The van der Waals surface area contributed by atoms with Crippen molar-refractivity contribution < 1.29 is 19.5 Å². The van der Waals surface area contributed by atoms with E-state index in [2.05, 4.69) is 12.2 Å². The number of likely N-dealkylation sites (tertiary alicyclic amines) is 1. The quantitative estimate of drug-likeness (QED) is 0.549. The molecule has 6 heteroatoms. The second-order valence-electron chi connectivity index (χ2n) is 6.45. The highest BCUT2D eigenvalue weighted by molar-refractivity contribution is 6.04. The number of aliphatic carboxylic acids is 1. The number of carbonyl (C=O) groups is 3. The fraction of sp³-hybridized carbons (Fsp3) is 0.812. The van der Waals surface area contributed by atoms with Crippen LogP contribution in [0, 0.1) is 11.3 Å². The number of rotatable bonds is 7. The molecule has 2 fully saturated rings. The maximum absolute atomic E-state index is 12.3. The van der Waals surface area contributed by atoms with Crippen LogP contribution in [0.3, 0.4) is 0 Å². The molecule has 0 unspecified atom stereocenters. The topological polar surface area (TPSA) is 86.7 Å². The van der Waals surface area contributed by atoms with Gasteiger partial charge in [0.2, 0.25) is 11.8 Å². The number of piperidine rings is 1. The number of carboxylic acid groups (broad SMARTS) is 1. The fourth-order valence-corrected chi connectivity index (χ4v) is 3.02. The lowest BCUT2D eigenvalue weighted by Gasteiger charge is -2.33. The first-order chi connectivity index (χ1) is 10.5. The highest BCUT2D eigenvalue weighted by atomic mass is 16.4. The maximum atomic E-state index is 12.3. The van der Waals surface area contributed by atoms with Crippen LogP contribution in [0.15, 0.2) is 0 Å². The molecule has 6 nitrogen and oxygen atoms in total.